The quantitative estimate of drug-likeness (QED) is 0.922. The molecule has 1 aromatic heterocycles. The molecule has 0 radical (unpaired) electrons. The normalized spacial score (nSPS) is 12.0. The van der Waals surface area contributed by atoms with E-state index in [9.17, 15) is 18.0 Å². The topological polar surface area (TPSA) is 53.4 Å². The van der Waals surface area contributed by atoms with Crippen LogP contribution in [0.25, 0.3) is 10.9 Å². The first-order valence-electron chi connectivity index (χ1n) is 6.19. The monoisotopic (exact) mass is 298 g/mol. The van der Waals surface area contributed by atoms with Crippen molar-refractivity contribution in [3.05, 3.63) is 42.1 Å². The van der Waals surface area contributed by atoms with E-state index in [1.165, 1.54) is 0 Å². The third-order valence-electron chi connectivity index (χ3n) is 2.87. The summed E-state index contributed by atoms with van der Waals surface area (Å²) in [4.78, 5) is 15.7. The predicted octanol–water partition coefficient (Wildman–Crippen LogP) is 2.68. The first kappa shape index (κ1) is 15.2. The van der Waals surface area contributed by atoms with E-state index < -0.39 is 25.2 Å². The summed E-state index contributed by atoms with van der Waals surface area (Å²) in [5, 5.41) is 9.55. The molecule has 0 fully saturated rings. The maximum atomic E-state index is 12.5. The second kappa shape index (κ2) is 6.09. The number of nitrogens with zero attached hydrogens (tertiary/aromatic N) is 2. The molecule has 0 aliphatic rings. The number of para-hydroxylation sites is 1. The molecule has 1 N–H and O–H groups in total. The average molecular weight is 298 g/mol. The predicted molar refractivity (Wildman–Crippen MR) is 70.7 cm³/mol. The number of aromatic nitrogens is 1. The minimum atomic E-state index is -4.45. The van der Waals surface area contributed by atoms with Crippen LogP contribution in [0.2, 0.25) is 0 Å². The van der Waals surface area contributed by atoms with Gasteiger partial charge in [0, 0.05) is 18.1 Å². The second-order valence-corrected chi connectivity index (χ2v) is 4.65. The maximum Gasteiger partial charge on any atom is 0.401 e. The lowest BCUT2D eigenvalue weighted by Gasteiger charge is -2.22. The van der Waals surface area contributed by atoms with Gasteiger partial charge in [-0.2, -0.15) is 13.2 Å². The number of carboxylic acids is 1. The van der Waals surface area contributed by atoms with Crippen LogP contribution in [0, 0.1) is 0 Å². The molecule has 0 saturated carbocycles. The minimum Gasteiger partial charge on any atom is -0.480 e. The molecule has 21 heavy (non-hydrogen) atoms. The standard InChI is InChI=1S/C14H13F3N2O2/c15-14(16,17)9-19(8-12(20)21)7-11-4-1-3-10-5-2-6-18-13(10)11/h1-6H,7-9H2,(H,20,21). The van der Waals surface area contributed by atoms with Crippen molar-refractivity contribution >= 4 is 16.9 Å². The molecule has 0 unspecified atom stereocenters. The van der Waals surface area contributed by atoms with Gasteiger partial charge in [0.05, 0.1) is 18.6 Å². The van der Waals surface area contributed by atoms with E-state index in [2.05, 4.69) is 4.98 Å². The Morgan fingerprint density at radius 2 is 1.95 bits per heavy atom. The Labute approximate surface area is 118 Å². The van der Waals surface area contributed by atoms with Crippen LogP contribution < -0.4 is 0 Å². The first-order valence-corrected chi connectivity index (χ1v) is 6.19. The summed E-state index contributed by atoms with van der Waals surface area (Å²) in [6.45, 7) is -2.08. The number of carboxylic acid groups (broad SMARTS) is 1. The van der Waals surface area contributed by atoms with Gasteiger partial charge in [0.2, 0.25) is 0 Å². The number of alkyl halides is 3. The maximum absolute atomic E-state index is 12.5. The molecule has 112 valence electrons. The highest BCUT2D eigenvalue weighted by molar-refractivity contribution is 5.81. The van der Waals surface area contributed by atoms with Crippen LogP contribution in [0.15, 0.2) is 36.5 Å². The molecule has 2 aromatic rings. The van der Waals surface area contributed by atoms with Crippen LogP contribution >= 0.6 is 0 Å². The van der Waals surface area contributed by atoms with E-state index >= 15 is 0 Å². The third-order valence-corrected chi connectivity index (χ3v) is 2.87. The molecule has 7 heteroatoms. The lowest BCUT2D eigenvalue weighted by atomic mass is 10.1. The van der Waals surface area contributed by atoms with Crippen molar-refractivity contribution < 1.29 is 23.1 Å². The minimum absolute atomic E-state index is 0.125. The van der Waals surface area contributed by atoms with E-state index in [0.29, 0.717) is 11.1 Å². The number of hydrogen-bond acceptors (Lipinski definition) is 3. The number of pyridine rings is 1. The highest BCUT2D eigenvalue weighted by atomic mass is 19.4. The van der Waals surface area contributed by atoms with Crippen LogP contribution in [0.1, 0.15) is 5.56 Å². The number of fused-ring (bicyclic) bond motifs is 1. The summed E-state index contributed by atoms with van der Waals surface area (Å²) in [5.74, 6) is -1.30. The lowest BCUT2D eigenvalue weighted by Crippen LogP contribution is -2.37. The fourth-order valence-corrected chi connectivity index (χ4v) is 2.15. The molecule has 0 aliphatic carbocycles. The Hall–Kier alpha value is -2.15. The summed E-state index contributed by atoms with van der Waals surface area (Å²) in [6, 6.07) is 8.71. The summed E-state index contributed by atoms with van der Waals surface area (Å²) >= 11 is 0. The van der Waals surface area contributed by atoms with Crippen molar-refractivity contribution in [3.63, 3.8) is 0 Å². The van der Waals surface area contributed by atoms with Crippen molar-refractivity contribution in [2.75, 3.05) is 13.1 Å². The molecule has 1 aromatic carbocycles. The van der Waals surface area contributed by atoms with E-state index in [4.69, 9.17) is 5.11 Å². The highest BCUT2D eigenvalue weighted by Crippen LogP contribution is 2.21. The Morgan fingerprint density at radius 1 is 1.24 bits per heavy atom. The zero-order valence-electron chi connectivity index (χ0n) is 11.0. The smallest absolute Gasteiger partial charge is 0.401 e. The number of halogens is 3. The number of aliphatic carboxylic acids is 1. The molecule has 0 amide bonds. The van der Waals surface area contributed by atoms with Gasteiger partial charge in [-0.3, -0.25) is 14.7 Å². The van der Waals surface area contributed by atoms with Crippen LogP contribution in [0.4, 0.5) is 13.2 Å². The van der Waals surface area contributed by atoms with Crippen molar-refractivity contribution in [2.24, 2.45) is 0 Å². The zero-order chi connectivity index (χ0) is 15.5. The van der Waals surface area contributed by atoms with E-state index in [-0.39, 0.29) is 6.54 Å². The number of rotatable bonds is 5. The number of benzene rings is 1. The van der Waals surface area contributed by atoms with Gasteiger partial charge in [-0.25, -0.2) is 0 Å². The van der Waals surface area contributed by atoms with Gasteiger partial charge in [-0.15, -0.1) is 0 Å². The van der Waals surface area contributed by atoms with Crippen LogP contribution in [-0.2, 0) is 11.3 Å². The molecule has 1 heterocycles. The van der Waals surface area contributed by atoms with Crippen molar-refractivity contribution in [1.29, 1.82) is 0 Å². The molecular weight excluding hydrogens is 285 g/mol. The van der Waals surface area contributed by atoms with Crippen molar-refractivity contribution in [3.8, 4) is 0 Å². The van der Waals surface area contributed by atoms with E-state index in [1.54, 1.807) is 36.5 Å². The van der Waals surface area contributed by atoms with Gasteiger partial charge in [0.15, 0.2) is 0 Å². The lowest BCUT2D eigenvalue weighted by molar-refractivity contribution is -0.154. The Bertz CT molecular complexity index is 638. The van der Waals surface area contributed by atoms with E-state index in [0.717, 1.165) is 10.3 Å². The Morgan fingerprint density at radius 3 is 2.62 bits per heavy atom. The number of carbonyl (C=O) groups is 1. The van der Waals surface area contributed by atoms with Gasteiger partial charge >= 0.3 is 12.1 Å². The average Bonchev–Trinajstić information content (AvgIpc) is 2.36. The largest absolute Gasteiger partial charge is 0.480 e. The van der Waals surface area contributed by atoms with Gasteiger partial charge in [0.1, 0.15) is 0 Å². The summed E-state index contributed by atoms with van der Waals surface area (Å²) < 4.78 is 37.6. The Balaban J connectivity index is 2.27. The van der Waals surface area contributed by atoms with Crippen LogP contribution in [0.3, 0.4) is 0 Å². The van der Waals surface area contributed by atoms with Crippen molar-refractivity contribution in [1.82, 2.24) is 9.88 Å². The van der Waals surface area contributed by atoms with Gasteiger partial charge < -0.3 is 5.11 Å². The number of hydrogen-bond donors (Lipinski definition) is 1. The zero-order valence-corrected chi connectivity index (χ0v) is 11.0. The summed E-state index contributed by atoms with van der Waals surface area (Å²) in [6.07, 6.45) is -2.90. The van der Waals surface area contributed by atoms with Gasteiger partial charge in [-0.05, 0) is 11.6 Å². The fourth-order valence-electron chi connectivity index (χ4n) is 2.15. The molecule has 0 bridgehead atoms. The molecule has 2 rings (SSSR count). The Kier molecular flexibility index (Phi) is 4.42. The molecule has 0 aliphatic heterocycles. The fraction of sp³-hybridized carbons (Fsp3) is 0.286. The summed E-state index contributed by atoms with van der Waals surface area (Å²) in [7, 11) is 0. The molecular formula is C14H13F3N2O2. The second-order valence-electron chi connectivity index (χ2n) is 4.65. The van der Waals surface area contributed by atoms with Crippen LogP contribution in [0.5, 0.6) is 0 Å². The molecule has 4 nitrogen and oxygen atoms in total. The first-order chi connectivity index (χ1) is 9.85. The van der Waals surface area contributed by atoms with Crippen molar-refractivity contribution in [2.45, 2.75) is 12.7 Å². The van der Waals surface area contributed by atoms with Gasteiger partial charge in [-0.1, -0.05) is 24.3 Å². The molecule has 0 atom stereocenters. The SMILES string of the molecule is O=C(O)CN(Cc1cccc2cccnc12)CC(F)(F)F. The summed E-state index contributed by atoms with van der Waals surface area (Å²) in [5.41, 5.74) is 1.15. The highest BCUT2D eigenvalue weighted by Gasteiger charge is 2.31. The molecule has 0 saturated heterocycles. The third kappa shape index (κ3) is 4.42. The van der Waals surface area contributed by atoms with E-state index in [1.807, 2.05) is 0 Å². The van der Waals surface area contributed by atoms with Gasteiger partial charge in [0.25, 0.3) is 0 Å². The molecule has 0 spiro atoms. The van der Waals surface area contributed by atoms with Crippen LogP contribution in [-0.4, -0.2) is 40.2 Å².